The highest BCUT2D eigenvalue weighted by Gasteiger charge is 2.03. The van der Waals surface area contributed by atoms with Gasteiger partial charge in [0.2, 0.25) is 0 Å². The van der Waals surface area contributed by atoms with E-state index >= 15 is 0 Å². The van der Waals surface area contributed by atoms with Crippen molar-refractivity contribution in [1.29, 1.82) is 0 Å². The van der Waals surface area contributed by atoms with Gasteiger partial charge in [-0.25, -0.2) is 0 Å². The van der Waals surface area contributed by atoms with Crippen molar-refractivity contribution in [1.82, 2.24) is 0 Å². The number of hydrogen-bond donors (Lipinski definition) is 0. The third-order valence-electron chi connectivity index (χ3n) is 2.82. The number of hydrogen-bond acceptors (Lipinski definition) is 1. The molecular weight excluding hydrogens is 196 g/mol. The molecule has 0 radical (unpaired) electrons. The Balaban J connectivity index is 2.52. The number of ether oxygens (including phenoxy) is 1. The second-order valence-corrected chi connectivity index (χ2v) is 3.86. The number of benzene rings is 2. The maximum absolute atomic E-state index is 5.42. The van der Waals surface area contributed by atoms with E-state index in [1.807, 2.05) is 19.1 Å². The summed E-state index contributed by atoms with van der Waals surface area (Å²) in [6.07, 6.45) is 5.42. The predicted octanol–water partition coefficient (Wildman–Crippen LogP) is 3.59. The monoisotopic (exact) mass is 210 g/mol. The molecule has 1 heteroatoms. The van der Waals surface area contributed by atoms with E-state index in [2.05, 4.69) is 30.2 Å². The lowest BCUT2D eigenvalue weighted by Gasteiger charge is -2.07. The summed E-state index contributed by atoms with van der Waals surface area (Å²) in [5.74, 6) is 3.78. The van der Waals surface area contributed by atoms with Crippen LogP contribution in [0.15, 0.2) is 36.4 Å². The van der Waals surface area contributed by atoms with Gasteiger partial charge in [-0.3, -0.25) is 0 Å². The molecule has 2 aromatic rings. The molecule has 0 amide bonds. The molecule has 0 aliphatic carbocycles. The fourth-order valence-corrected chi connectivity index (χ4v) is 1.73. The lowest BCUT2D eigenvalue weighted by atomic mass is 9.98. The van der Waals surface area contributed by atoms with Crippen LogP contribution in [0.25, 0.3) is 10.8 Å². The van der Waals surface area contributed by atoms with Gasteiger partial charge in [0.1, 0.15) is 5.75 Å². The van der Waals surface area contributed by atoms with Gasteiger partial charge in [-0.05, 0) is 41.5 Å². The molecule has 2 aromatic carbocycles. The average Bonchev–Trinajstić information content (AvgIpc) is 2.36. The third-order valence-corrected chi connectivity index (χ3v) is 2.82. The molecule has 0 saturated carbocycles. The zero-order valence-electron chi connectivity index (χ0n) is 9.53. The quantitative estimate of drug-likeness (QED) is 0.688. The zero-order chi connectivity index (χ0) is 11.5. The summed E-state index contributed by atoms with van der Waals surface area (Å²) in [6.45, 7) is 2.03. The topological polar surface area (TPSA) is 9.23 Å². The summed E-state index contributed by atoms with van der Waals surface area (Å²) < 4.78 is 5.19. The SMILES string of the molecule is C#C[C@@H](C)c1ccc2cc(OC)ccc2c1. The maximum atomic E-state index is 5.42. The van der Waals surface area contributed by atoms with Crippen LogP contribution in [0.1, 0.15) is 18.4 Å². The van der Waals surface area contributed by atoms with Crippen LogP contribution in [0, 0.1) is 12.3 Å². The summed E-state index contributed by atoms with van der Waals surface area (Å²) in [5.41, 5.74) is 1.18. The smallest absolute Gasteiger partial charge is 0.119 e. The van der Waals surface area contributed by atoms with E-state index in [4.69, 9.17) is 11.2 Å². The van der Waals surface area contributed by atoms with E-state index < -0.39 is 0 Å². The molecule has 16 heavy (non-hydrogen) atoms. The number of terminal acetylenes is 1. The Bertz CT molecular complexity index is 549. The van der Waals surface area contributed by atoms with E-state index in [-0.39, 0.29) is 5.92 Å². The van der Waals surface area contributed by atoms with E-state index in [9.17, 15) is 0 Å². The Hall–Kier alpha value is -1.94. The van der Waals surface area contributed by atoms with Gasteiger partial charge in [0.05, 0.1) is 7.11 Å². The first kappa shape index (κ1) is 10.6. The molecule has 0 bridgehead atoms. The first-order valence-corrected chi connectivity index (χ1v) is 5.28. The summed E-state index contributed by atoms with van der Waals surface area (Å²) in [6, 6.07) is 12.3. The zero-order valence-corrected chi connectivity index (χ0v) is 9.53. The normalized spacial score (nSPS) is 12.1. The van der Waals surface area contributed by atoms with Crippen LogP contribution >= 0.6 is 0 Å². The lowest BCUT2D eigenvalue weighted by molar-refractivity contribution is 0.415. The highest BCUT2D eigenvalue weighted by atomic mass is 16.5. The lowest BCUT2D eigenvalue weighted by Crippen LogP contribution is -1.89. The molecule has 0 saturated heterocycles. The van der Waals surface area contributed by atoms with Crippen molar-refractivity contribution in [2.75, 3.05) is 7.11 Å². The molecule has 0 heterocycles. The molecule has 0 aliphatic heterocycles. The molecular formula is C15H14O. The molecule has 0 aliphatic rings. The van der Waals surface area contributed by atoms with Gasteiger partial charge in [-0.1, -0.05) is 24.1 Å². The minimum absolute atomic E-state index is 0.159. The van der Waals surface area contributed by atoms with Gasteiger partial charge < -0.3 is 4.74 Å². The Morgan fingerprint density at radius 1 is 1.12 bits per heavy atom. The number of methoxy groups -OCH3 is 1. The van der Waals surface area contributed by atoms with Crippen LogP contribution in [0.3, 0.4) is 0 Å². The molecule has 1 atom stereocenters. The Labute approximate surface area is 96.1 Å². The Kier molecular flexibility index (Phi) is 2.83. The standard InChI is InChI=1S/C15H14O/c1-4-11(2)12-5-6-14-10-15(16-3)8-7-13(14)9-12/h1,5-11H,2-3H3/t11-/m1/s1. The molecule has 0 aromatic heterocycles. The summed E-state index contributed by atoms with van der Waals surface area (Å²) in [4.78, 5) is 0. The van der Waals surface area contributed by atoms with Crippen molar-refractivity contribution < 1.29 is 4.74 Å². The van der Waals surface area contributed by atoms with Crippen LogP contribution < -0.4 is 4.74 Å². The van der Waals surface area contributed by atoms with Crippen LogP contribution in [-0.2, 0) is 0 Å². The summed E-state index contributed by atoms with van der Waals surface area (Å²) in [7, 11) is 1.68. The highest BCUT2D eigenvalue weighted by molar-refractivity contribution is 5.84. The summed E-state index contributed by atoms with van der Waals surface area (Å²) in [5, 5.41) is 2.37. The fraction of sp³-hybridized carbons (Fsp3) is 0.200. The second kappa shape index (κ2) is 4.28. The average molecular weight is 210 g/mol. The van der Waals surface area contributed by atoms with Crippen LogP contribution in [-0.4, -0.2) is 7.11 Å². The molecule has 0 unspecified atom stereocenters. The first-order valence-electron chi connectivity index (χ1n) is 5.28. The third kappa shape index (κ3) is 1.87. The van der Waals surface area contributed by atoms with Gasteiger partial charge in [-0.2, -0.15) is 0 Å². The highest BCUT2D eigenvalue weighted by Crippen LogP contribution is 2.24. The van der Waals surface area contributed by atoms with E-state index in [0.29, 0.717) is 0 Å². The molecule has 1 nitrogen and oxygen atoms in total. The molecule has 0 fully saturated rings. The van der Waals surface area contributed by atoms with E-state index in [0.717, 1.165) is 5.75 Å². The van der Waals surface area contributed by atoms with Crippen molar-refractivity contribution in [3.05, 3.63) is 42.0 Å². The largest absolute Gasteiger partial charge is 0.497 e. The van der Waals surface area contributed by atoms with Crippen molar-refractivity contribution >= 4 is 10.8 Å². The van der Waals surface area contributed by atoms with Crippen LogP contribution in [0.4, 0.5) is 0 Å². The number of fused-ring (bicyclic) bond motifs is 1. The maximum Gasteiger partial charge on any atom is 0.119 e. The van der Waals surface area contributed by atoms with Gasteiger partial charge in [-0.15, -0.1) is 6.42 Å². The number of rotatable bonds is 2. The summed E-state index contributed by atoms with van der Waals surface area (Å²) >= 11 is 0. The van der Waals surface area contributed by atoms with Crippen molar-refractivity contribution in [2.24, 2.45) is 0 Å². The molecule has 2 rings (SSSR count). The Morgan fingerprint density at radius 3 is 2.50 bits per heavy atom. The molecule has 0 spiro atoms. The Morgan fingerprint density at radius 2 is 1.81 bits per heavy atom. The molecule has 0 N–H and O–H groups in total. The van der Waals surface area contributed by atoms with Gasteiger partial charge in [0.25, 0.3) is 0 Å². The first-order chi connectivity index (χ1) is 7.74. The molecule has 80 valence electrons. The predicted molar refractivity (Wildman–Crippen MR) is 67.7 cm³/mol. The second-order valence-electron chi connectivity index (χ2n) is 3.86. The van der Waals surface area contributed by atoms with E-state index in [1.165, 1.54) is 16.3 Å². The minimum atomic E-state index is 0.159. The van der Waals surface area contributed by atoms with Crippen molar-refractivity contribution in [3.8, 4) is 18.1 Å². The van der Waals surface area contributed by atoms with Crippen molar-refractivity contribution in [2.45, 2.75) is 12.8 Å². The van der Waals surface area contributed by atoms with Gasteiger partial charge in [0, 0.05) is 5.92 Å². The fourth-order valence-electron chi connectivity index (χ4n) is 1.73. The minimum Gasteiger partial charge on any atom is -0.497 e. The van der Waals surface area contributed by atoms with E-state index in [1.54, 1.807) is 7.11 Å². The van der Waals surface area contributed by atoms with Crippen LogP contribution in [0.2, 0.25) is 0 Å². The van der Waals surface area contributed by atoms with Gasteiger partial charge in [0.15, 0.2) is 0 Å². The van der Waals surface area contributed by atoms with Crippen molar-refractivity contribution in [3.63, 3.8) is 0 Å². The van der Waals surface area contributed by atoms with Gasteiger partial charge >= 0.3 is 0 Å². The van der Waals surface area contributed by atoms with Crippen LogP contribution in [0.5, 0.6) is 5.75 Å².